The van der Waals surface area contributed by atoms with E-state index < -0.39 is 0 Å². The second-order valence-corrected chi connectivity index (χ2v) is 7.49. The highest BCUT2D eigenvalue weighted by molar-refractivity contribution is 5.05. The average Bonchev–Trinajstić information content (AvgIpc) is 3.07. The molecule has 0 amide bonds. The molecule has 2 nitrogen and oxygen atoms in total. The van der Waals surface area contributed by atoms with Gasteiger partial charge < -0.3 is 5.32 Å². The standard InChI is InChI=1S/C16H30N2/c1-12(2)15-10-17-16(7-5-4-6-8-16)11-18(15)14-9-13(14)3/h12-15,17H,4-11H2,1-3H3. The van der Waals surface area contributed by atoms with E-state index in [0.717, 1.165) is 23.9 Å². The van der Waals surface area contributed by atoms with Crippen molar-refractivity contribution in [3.63, 3.8) is 0 Å². The summed E-state index contributed by atoms with van der Waals surface area (Å²) in [4.78, 5) is 2.89. The topological polar surface area (TPSA) is 15.3 Å². The number of piperazine rings is 1. The number of rotatable bonds is 2. The van der Waals surface area contributed by atoms with Crippen LogP contribution in [0.1, 0.15) is 59.3 Å². The van der Waals surface area contributed by atoms with Crippen LogP contribution in [0.4, 0.5) is 0 Å². The van der Waals surface area contributed by atoms with E-state index in [4.69, 9.17) is 0 Å². The van der Waals surface area contributed by atoms with Gasteiger partial charge in [-0.2, -0.15) is 0 Å². The molecular weight excluding hydrogens is 220 g/mol. The van der Waals surface area contributed by atoms with Gasteiger partial charge in [0.2, 0.25) is 0 Å². The maximum atomic E-state index is 3.95. The minimum atomic E-state index is 0.478. The Hall–Kier alpha value is -0.0800. The molecule has 0 aromatic rings. The van der Waals surface area contributed by atoms with Crippen LogP contribution in [0.5, 0.6) is 0 Å². The van der Waals surface area contributed by atoms with Crippen LogP contribution < -0.4 is 5.32 Å². The number of nitrogens with one attached hydrogen (secondary N) is 1. The molecule has 2 heteroatoms. The van der Waals surface area contributed by atoms with Crippen molar-refractivity contribution in [1.82, 2.24) is 10.2 Å². The molecule has 2 aliphatic carbocycles. The molecule has 1 aliphatic heterocycles. The van der Waals surface area contributed by atoms with Gasteiger partial charge in [-0.05, 0) is 31.1 Å². The zero-order valence-corrected chi connectivity index (χ0v) is 12.4. The van der Waals surface area contributed by atoms with E-state index in [9.17, 15) is 0 Å². The van der Waals surface area contributed by atoms with Crippen LogP contribution in [0.15, 0.2) is 0 Å². The Bertz CT molecular complexity index is 293. The van der Waals surface area contributed by atoms with Gasteiger partial charge in [-0.1, -0.05) is 40.0 Å². The molecule has 3 aliphatic rings. The molecule has 3 fully saturated rings. The SMILES string of the molecule is CC(C)C1CNC2(CCCCC2)CN1C1CC1C. The fourth-order valence-corrected chi connectivity index (χ4v) is 4.27. The van der Waals surface area contributed by atoms with Crippen molar-refractivity contribution in [2.45, 2.75) is 76.9 Å². The van der Waals surface area contributed by atoms with E-state index in [1.807, 2.05) is 0 Å². The van der Waals surface area contributed by atoms with Crippen LogP contribution in [-0.4, -0.2) is 35.6 Å². The van der Waals surface area contributed by atoms with Gasteiger partial charge in [0.1, 0.15) is 0 Å². The molecule has 0 bridgehead atoms. The fourth-order valence-electron chi connectivity index (χ4n) is 4.27. The summed E-state index contributed by atoms with van der Waals surface area (Å²) in [6.45, 7) is 9.76. The summed E-state index contributed by atoms with van der Waals surface area (Å²) in [6, 6.07) is 1.67. The lowest BCUT2D eigenvalue weighted by Gasteiger charge is -2.51. The highest BCUT2D eigenvalue weighted by atomic mass is 15.3. The van der Waals surface area contributed by atoms with Crippen molar-refractivity contribution in [3.05, 3.63) is 0 Å². The Labute approximate surface area is 113 Å². The lowest BCUT2D eigenvalue weighted by atomic mass is 9.78. The molecule has 1 N–H and O–H groups in total. The smallest absolute Gasteiger partial charge is 0.0309 e. The molecular formula is C16H30N2. The Morgan fingerprint density at radius 1 is 1.17 bits per heavy atom. The van der Waals surface area contributed by atoms with Crippen LogP contribution >= 0.6 is 0 Å². The molecule has 1 spiro atoms. The molecule has 3 rings (SSSR count). The van der Waals surface area contributed by atoms with Crippen molar-refractivity contribution in [2.24, 2.45) is 11.8 Å². The summed E-state index contributed by atoms with van der Waals surface area (Å²) < 4.78 is 0. The van der Waals surface area contributed by atoms with E-state index in [1.165, 1.54) is 51.6 Å². The van der Waals surface area contributed by atoms with Crippen molar-refractivity contribution in [1.29, 1.82) is 0 Å². The normalized spacial score (nSPS) is 40.3. The summed E-state index contributed by atoms with van der Waals surface area (Å²) in [5.74, 6) is 1.73. The molecule has 0 aromatic heterocycles. The lowest BCUT2D eigenvalue weighted by molar-refractivity contribution is 0.0277. The van der Waals surface area contributed by atoms with Crippen molar-refractivity contribution >= 4 is 0 Å². The quantitative estimate of drug-likeness (QED) is 0.810. The molecule has 18 heavy (non-hydrogen) atoms. The van der Waals surface area contributed by atoms with Gasteiger partial charge in [-0.25, -0.2) is 0 Å². The molecule has 3 atom stereocenters. The maximum Gasteiger partial charge on any atom is 0.0309 e. The number of nitrogens with zero attached hydrogens (tertiary/aromatic N) is 1. The van der Waals surface area contributed by atoms with E-state index in [-0.39, 0.29) is 0 Å². The first-order valence-electron chi connectivity index (χ1n) is 8.12. The first-order chi connectivity index (χ1) is 8.61. The molecule has 1 saturated heterocycles. The molecule has 0 aromatic carbocycles. The third kappa shape index (κ3) is 2.34. The van der Waals surface area contributed by atoms with Crippen LogP contribution in [-0.2, 0) is 0 Å². The zero-order chi connectivity index (χ0) is 12.8. The Morgan fingerprint density at radius 3 is 2.39 bits per heavy atom. The molecule has 1 heterocycles. The molecule has 104 valence electrons. The summed E-state index contributed by atoms with van der Waals surface area (Å²) in [7, 11) is 0. The first kappa shape index (κ1) is 12.9. The Kier molecular flexibility index (Phi) is 3.44. The van der Waals surface area contributed by atoms with Gasteiger partial charge in [0.25, 0.3) is 0 Å². The van der Waals surface area contributed by atoms with E-state index >= 15 is 0 Å². The molecule has 0 radical (unpaired) electrons. The molecule has 3 unspecified atom stereocenters. The second-order valence-electron chi connectivity index (χ2n) is 7.49. The van der Waals surface area contributed by atoms with Gasteiger partial charge in [0, 0.05) is 30.7 Å². The lowest BCUT2D eigenvalue weighted by Crippen LogP contribution is -2.66. The zero-order valence-electron chi connectivity index (χ0n) is 12.4. The number of hydrogen-bond donors (Lipinski definition) is 1. The van der Waals surface area contributed by atoms with E-state index in [0.29, 0.717) is 5.54 Å². The molecule has 2 saturated carbocycles. The summed E-state index contributed by atoms with van der Waals surface area (Å²) >= 11 is 0. The third-order valence-corrected chi connectivity index (χ3v) is 5.67. The van der Waals surface area contributed by atoms with Crippen molar-refractivity contribution < 1.29 is 0 Å². The second kappa shape index (κ2) is 4.79. The van der Waals surface area contributed by atoms with Crippen LogP contribution in [0.25, 0.3) is 0 Å². The monoisotopic (exact) mass is 250 g/mol. The Balaban J connectivity index is 1.72. The van der Waals surface area contributed by atoms with Gasteiger partial charge in [0.15, 0.2) is 0 Å². The fraction of sp³-hybridized carbons (Fsp3) is 1.00. The van der Waals surface area contributed by atoms with Crippen LogP contribution in [0.2, 0.25) is 0 Å². The summed E-state index contributed by atoms with van der Waals surface area (Å²) in [5.41, 5.74) is 0.478. The minimum Gasteiger partial charge on any atom is -0.308 e. The highest BCUT2D eigenvalue weighted by Crippen LogP contribution is 2.41. The third-order valence-electron chi connectivity index (χ3n) is 5.67. The largest absolute Gasteiger partial charge is 0.308 e. The van der Waals surface area contributed by atoms with Gasteiger partial charge >= 0.3 is 0 Å². The maximum absolute atomic E-state index is 3.95. The van der Waals surface area contributed by atoms with E-state index in [2.05, 4.69) is 31.0 Å². The predicted molar refractivity (Wildman–Crippen MR) is 76.7 cm³/mol. The summed E-state index contributed by atoms with van der Waals surface area (Å²) in [6.07, 6.45) is 8.60. The minimum absolute atomic E-state index is 0.478. The average molecular weight is 250 g/mol. The highest BCUT2D eigenvalue weighted by Gasteiger charge is 2.48. The van der Waals surface area contributed by atoms with Crippen molar-refractivity contribution in [2.75, 3.05) is 13.1 Å². The van der Waals surface area contributed by atoms with Crippen molar-refractivity contribution in [3.8, 4) is 0 Å². The van der Waals surface area contributed by atoms with Gasteiger partial charge in [-0.15, -0.1) is 0 Å². The Morgan fingerprint density at radius 2 is 1.83 bits per heavy atom. The first-order valence-corrected chi connectivity index (χ1v) is 8.12. The van der Waals surface area contributed by atoms with Gasteiger partial charge in [-0.3, -0.25) is 4.90 Å². The van der Waals surface area contributed by atoms with Crippen LogP contribution in [0, 0.1) is 11.8 Å². The van der Waals surface area contributed by atoms with Gasteiger partial charge in [0.05, 0.1) is 0 Å². The number of hydrogen-bond acceptors (Lipinski definition) is 2. The van der Waals surface area contributed by atoms with E-state index in [1.54, 1.807) is 0 Å². The van der Waals surface area contributed by atoms with Crippen LogP contribution in [0.3, 0.4) is 0 Å². The predicted octanol–water partition coefficient (Wildman–Crippen LogP) is 3.03. The summed E-state index contributed by atoms with van der Waals surface area (Å²) in [5, 5.41) is 3.95.